The van der Waals surface area contributed by atoms with Crippen LogP contribution in [0.4, 0.5) is 17.1 Å². The molecule has 0 aliphatic carbocycles. The highest BCUT2D eigenvalue weighted by molar-refractivity contribution is 7.27. The van der Waals surface area contributed by atoms with Crippen molar-refractivity contribution in [1.82, 2.24) is 0 Å². The number of para-hydroxylation sites is 3. The predicted octanol–water partition coefficient (Wildman–Crippen LogP) is 14.7. The van der Waals surface area contributed by atoms with Gasteiger partial charge in [-0.25, -0.2) is 0 Å². The maximum absolute atomic E-state index is 6.72. The van der Waals surface area contributed by atoms with Crippen molar-refractivity contribution in [3.05, 3.63) is 176 Å². The molecule has 0 fully saturated rings. The van der Waals surface area contributed by atoms with Crippen molar-refractivity contribution < 1.29 is 8.83 Å². The average Bonchev–Trinajstić information content (AvgIpc) is 3.91. The first kappa shape index (κ1) is 29.1. The van der Waals surface area contributed by atoms with Crippen LogP contribution in [-0.2, 0) is 0 Å². The molecule has 0 unspecified atom stereocenters. The molecule has 11 aromatic rings. The summed E-state index contributed by atoms with van der Waals surface area (Å²) in [6.45, 7) is 0. The molecule has 52 heavy (non-hydrogen) atoms. The van der Waals surface area contributed by atoms with E-state index in [0.29, 0.717) is 0 Å². The Kier molecular flexibility index (Phi) is 6.42. The summed E-state index contributed by atoms with van der Waals surface area (Å²) in [6.07, 6.45) is 0. The molecule has 0 saturated heterocycles. The van der Waals surface area contributed by atoms with Crippen LogP contribution in [0.5, 0.6) is 0 Å². The van der Waals surface area contributed by atoms with Crippen molar-refractivity contribution in [1.29, 1.82) is 0 Å². The van der Waals surface area contributed by atoms with Crippen LogP contribution in [0.25, 0.3) is 86.3 Å². The molecule has 4 heteroatoms. The number of fused-ring (bicyclic) bond motifs is 9. The fourth-order valence-corrected chi connectivity index (χ4v) is 9.31. The van der Waals surface area contributed by atoms with Gasteiger partial charge < -0.3 is 13.7 Å². The Hall–Kier alpha value is -6.62. The fourth-order valence-electron chi connectivity index (χ4n) is 7.97. The third-order valence-electron chi connectivity index (χ3n) is 10.3. The van der Waals surface area contributed by atoms with Gasteiger partial charge in [0.1, 0.15) is 16.7 Å². The van der Waals surface area contributed by atoms with Gasteiger partial charge in [0.2, 0.25) is 0 Å². The molecular weight excluding hydrogens is 655 g/mol. The number of benzene rings is 8. The molecular formula is C48H29NO2S. The summed E-state index contributed by atoms with van der Waals surface area (Å²) in [5, 5.41) is 6.95. The first-order chi connectivity index (χ1) is 25.8. The van der Waals surface area contributed by atoms with Crippen LogP contribution in [0.15, 0.2) is 185 Å². The summed E-state index contributed by atoms with van der Waals surface area (Å²) in [7, 11) is 0. The quantitative estimate of drug-likeness (QED) is 0.181. The van der Waals surface area contributed by atoms with E-state index < -0.39 is 0 Å². The van der Waals surface area contributed by atoms with Gasteiger partial charge in [0, 0.05) is 42.7 Å². The maximum Gasteiger partial charge on any atom is 0.159 e. The lowest BCUT2D eigenvalue weighted by molar-refractivity contribution is 0.668. The zero-order chi connectivity index (χ0) is 34.2. The SMILES string of the molecule is c1ccc(-c2cccc3c2sc2c(N(c4cccc(-c5cccc6oc7ccccc7c56)c4)c4cccc5c4oc4ccccc45)cccc23)cc1. The summed E-state index contributed by atoms with van der Waals surface area (Å²) >= 11 is 1.86. The van der Waals surface area contributed by atoms with Crippen molar-refractivity contribution in [2.45, 2.75) is 0 Å². The molecule has 3 nitrogen and oxygen atoms in total. The lowest BCUT2D eigenvalue weighted by Gasteiger charge is -2.26. The van der Waals surface area contributed by atoms with Gasteiger partial charge >= 0.3 is 0 Å². The second-order valence-electron chi connectivity index (χ2n) is 13.2. The van der Waals surface area contributed by atoms with Gasteiger partial charge in [-0.3, -0.25) is 0 Å². The van der Waals surface area contributed by atoms with Gasteiger partial charge in [0.25, 0.3) is 0 Å². The van der Waals surface area contributed by atoms with Crippen molar-refractivity contribution in [3.63, 3.8) is 0 Å². The Labute approximate surface area is 303 Å². The fraction of sp³-hybridized carbons (Fsp3) is 0. The summed E-state index contributed by atoms with van der Waals surface area (Å²) in [4.78, 5) is 2.39. The highest BCUT2D eigenvalue weighted by Gasteiger charge is 2.24. The molecule has 0 amide bonds. The Morgan fingerprint density at radius 1 is 0.385 bits per heavy atom. The minimum absolute atomic E-state index is 0.861. The van der Waals surface area contributed by atoms with Crippen LogP contribution in [0.3, 0.4) is 0 Å². The van der Waals surface area contributed by atoms with E-state index in [0.717, 1.165) is 72.1 Å². The van der Waals surface area contributed by atoms with Crippen LogP contribution in [-0.4, -0.2) is 0 Å². The number of nitrogens with zero attached hydrogens (tertiary/aromatic N) is 1. The summed E-state index contributed by atoms with van der Waals surface area (Å²) in [6, 6.07) is 62.4. The van der Waals surface area contributed by atoms with E-state index in [1.807, 2.05) is 29.5 Å². The first-order valence-electron chi connectivity index (χ1n) is 17.5. The van der Waals surface area contributed by atoms with Crippen molar-refractivity contribution in [2.24, 2.45) is 0 Å². The van der Waals surface area contributed by atoms with Crippen LogP contribution < -0.4 is 4.90 Å². The topological polar surface area (TPSA) is 29.5 Å². The van der Waals surface area contributed by atoms with Gasteiger partial charge in [-0.05, 0) is 64.7 Å². The molecule has 11 rings (SSSR count). The van der Waals surface area contributed by atoms with E-state index in [-0.39, 0.29) is 0 Å². The number of rotatable bonds is 5. The van der Waals surface area contributed by atoms with Gasteiger partial charge in [-0.15, -0.1) is 11.3 Å². The largest absolute Gasteiger partial charge is 0.456 e. The van der Waals surface area contributed by atoms with Crippen LogP contribution in [0, 0.1) is 0 Å². The van der Waals surface area contributed by atoms with Crippen molar-refractivity contribution >= 4 is 92.4 Å². The Morgan fingerprint density at radius 2 is 0.981 bits per heavy atom. The van der Waals surface area contributed by atoms with E-state index in [4.69, 9.17) is 8.83 Å². The van der Waals surface area contributed by atoms with Crippen LogP contribution >= 0.6 is 11.3 Å². The minimum Gasteiger partial charge on any atom is -0.456 e. The highest BCUT2D eigenvalue weighted by Crippen LogP contribution is 2.49. The molecule has 3 aromatic heterocycles. The molecule has 0 atom stereocenters. The number of furan rings is 2. The Morgan fingerprint density at radius 3 is 1.85 bits per heavy atom. The third-order valence-corrected chi connectivity index (χ3v) is 11.5. The summed E-state index contributed by atoms with van der Waals surface area (Å²) < 4.78 is 15.5. The summed E-state index contributed by atoms with van der Waals surface area (Å²) in [5.41, 5.74) is 11.4. The van der Waals surface area contributed by atoms with Gasteiger partial charge in [-0.2, -0.15) is 0 Å². The molecule has 0 bridgehead atoms. The normalized spacial score (nSPS) is 11.8. The molecule has 244 valence electrons. The molecule has 8 aromatic carbocycles. The lowest BCUT2D eigenvalue weighted by atomic mass is 9.98. The number of hydrogen-bond donors (Lipinski definition) is 0. The molecule has 0 radical (unpaired) electrons. The smallest absolute Gasteiger partial charge is 0.159 e. The molecule has 0 spiro atoms. The molecule has 3 heterocycles. The second-order valence-corrected chi connectivity index (χ2v) is 14.2. The Balaban J connectivity index is 1.19. The molecule has 0 aliphatic rings. The van der Waals surface area contributed by atoms with Crippen LogP contribution in [0.1, 0.15) is 0 Å². The van der Waals surface area contributed by atoms with E-state index in [1.54, 1.807) is 0 Å². The monoisotopic (exact) mass is 683 g/mol. The van der Waals surface area contributed by atoms with E-state index in [1.165, 1.54) is 31.3 Å². The lowest BCUT2D eigenvalue weighted by Crippen LogP contribution is -2.10. The van der Waals surface area contributed by atoms with E-state index in [2.05, 4.69) is 163 Å². The molecule has 0 aliphatic heterocycles. The zero-order valence-electron chi connectivity index (χ0n) is 27.9. The van der Waals surface area contributed by atoms with Gasteiger partial charge in [-0.1, -0.05) is 133 Å². The molecule has 0 saturated carbocycles. The number of hydrogen-bond acceptors (Lipinski definition) is 4. The van der Waals surface area contributed by atoms with Crippen LogP contribution in [0.2, 0.25) is 0 Å². The maximum atomic E-state index is 6.72. The Bertz CT molecular complexity index is 3150. The van der Waals surface area contributed by atoms with E-state index in [9.17, 15) is 0 Å². The van der Waals surface area contributed by atoms with Crippen molar-refractivity contribution in [2.75, 3.05) is 4.90 Å². The number of thiophene rings is 1. The van der Waals surface area contributed by atoms with Gasteiger partial charge in [0.15, 0.2) is 5.58 Å². The predicted molar refractivity (Wildman–Crippen MR) is 219 cm³/mol. The van der Waals surface area contributed by atoms with Crippen molar-refractivity contribution in [3.8, 4) is 22.3 Å². The highest BCUT2D eigenvalue weighted by atomic mass is 32.1. The van der Waals surface area contributed by atoms with Gasteiger partial charge in [0.05, 0.1) is 16.1 Å². The first-order valence-corrected chi connectivity index (χ1v) is 18.3. The third kappa shape index (κ3) is 4.38. The standard InChI is InChI=1S/C48H29NO2S/c1-2-13-30(14-3-1)34-20-9-22-37-38-23-11-25-41(48(38)52-47(34)37)49(40-24-10-21-36-35-17-4-6-26-42(35)51-46(36)40)32-16-8-15-31(29-32)33-19-12-28-44-45(33)39-18-5-7-27-43(39)50-44/h1-29H. The molecule has 0 N–H and O–H groups in total. The summed E-state index contributed by atoms with van der Waals surface area (Å²) in [5.74, 6) is 0. The second kappa shape index (κ2) is 11.5. The van der Waals surface area contributed by atoms with E-state index >= 15 is 0 Å². The number of anilines is 3. The zero-order valence-corrected chi connectivity index (χ0v) is 28.7. The minimum atomic E-state index is 0.861. The average molecular weight is 684 g/mol.